The highest BCUT2D eigenvalue weighted by Gasteiger charge is 2.03. The van der Waals surface area contributed by atoms with Gasteiger partial charge >= 0.3 is 0 Å². The summed E-state index contributed by atoms with van der Waals surface area (Å²) in [7, 11) is 0. The number of aromatic nitrogens is 1. The monoisotopic (exact) mass is 211 g/mol. The molecule has 0 aliphatic heterocycles. The van der Waals surface area contributed by atoms with Crippen LogP contribution in [0.1, 0.15) is 5.56 Å². The van der Waals surface area contributed by atoms with E-state index in [4.69, 9.17) is 23.2 Å². The molecule has 0 saturated heterocycles. The highest BCUT2D eigenvalue weighted by atomic mass is 35.5. The number of pyridine rings is 1. The number of hydrogen-bond donors (Lipinski definition) is 0. The quantitative estimate of drug-likeness (QED) is 0.604. The van der Waals surface area contributed by atoms with Gasteiger partial charge in [-0.15, -0.1) is 0 Å². The van der Waals surface area contributed by atoms with E-state index in [-0.39, 0.29) is 0 Å². The smallest absolute Gasteiger partial charge is 0.129 e. The molecule has 2 aromatic rings. The Morgan fingerprint density at radius 2 is 1.85 bits per heavy atom. The summed E-state index contributed by atoms with van der Waals surface area (Å²) >= 11 is 11.8. The molecule has 0 unspecified atom stereocenters. The summed E-state index contributed by atoms with van der Waals surface area (Å²) in [5.74, 6) is 0. The van der Waals surface area contributed by atoms with Crippen molar-refractivity contribution in [2.24, 2.45) is 0 Å². The molecule has 1 heterocycles. The lowest BCUT2D eigenvalue weighted by Crippen LogP contribution is -1.83. The van der Waals surface area contributed by atoms with Crippen LogP contribution in [0.25, 0.3) is 10.9 Å². The van der Waals surface area contributed by atoms with Gasteiger partial charge in [-0.1, -0.05) is 29.3 Å². The van der Waals surface area contributed by atoms with E-state index in [2.05, 4.69) is 4.98 Å². The Bertz CT molecular complexity index is 466. The van der Waals surface area contributed by atoms with Crippen molar-refractivity contribution in [3.05, 3.63) is 40.0 Å². The summed E-state index contributed by atoms with van der Waals surface area (Å²) in [4.78, 5) is 4.17. The van der Waals surface area contributed by atoms with Gasteiger partial charge in [0.1, 0.15) is 5.15 Å². The van der Waals surface area contributed by atoms with E-state index in [1.807, 2.05) is 25.1 Å². The molecular weight excluding hydrogens is 205 g/mol. The zero-order valence-corrected chi connectivity index (χ0v) is 8.52. The molecule has 1 nitrogen and oxygen atoms in total. The van der Waals surface area contributed by atoms with Crippen molar-refractivity contribution in [3.63, 3.8) is 0 Å². The van der Waals surface area contributed by atoms with Gasteiger partial charge in [0.05, 0.1) is 10.5 Å². The first kappa shape index (κ1) is 8.79. The highest BCUT2D eigenvalue weighted by molar-refractivity contribution is 6.35. The van der Waals surface area contributed by atoms with Crippen molar-refractivity contribution in [1.82, 2.24) is 4.98 Å². The molecule has 3 heteroatoms. The van der Waals surface area contributed by atoms with Crippen LogP contribution in [0.5, 0.6) is 0 Å². The van der Waals surface area contributed by atoms with E-state index < -0.39 is 0 Å². The Hall–Kier alpha value is -0.790. The summed E-state index contributed by atoms with van der Waals surface area (Å²) in [6.45, 7) is 2.02. The van der Waals surface area contributed by atoms with Crippen LogP contribution in [-0.2, 0) is 0 Å². The Morgan fingerprint density at radius 1 is 1.08 bits per heavy atom. The lowest BCUT2D eigenvalue weighted by atomic mass is 10.1. The van der Waals surface area contributed by atoms with Crippen molar-refractivity contribution >= 4 is 34.1 Å². The van der Waals surface area contributed by atoms with Crippen LogP contribution in [0.15, 0.2) is 24.3 Å². The zero-order valence-electron chi connectivity index (χ0n) is 7.01. The zero-order chi connectivity index (χ0) is 9.42. The largest absolute Gasteiger partial charge is 0.235 e. The maximum absolute atomic E-state index is 5.98. The fourth-order valence-corrected chi connectivity index (χ4v) is 1.66. The van der Waals surface area contributed by atoms with Crippen LogP contribution < -0.4 is 0 Å². The minimum Gasteiger partial charge on any atom is -0.235 e. The standard InChI is InChI=1S/C10H7Cl2N/c1-6-2-4-8(11)10-7(6)3-5-9(12)13-10/h2-5H,1H3. The molecule has 0 atom stereocenters. The first-order chi connectivity index (χ1) is 6.18. The van der Waals surface area contributed by atoms with E-state index in [0.717, 1.165) is 16.5 Å². The van der Waals surface area contributed by atoms with Gasteiger partial charge in [0, 0.05) is 5.39 Å². The predicted molar refractivity (Wildman–Crippen MR) is 56.5 cm³/mol. The minimum absolute atomic E-state index is 0.472. The number of fused-ring (bicyclic) bond motifs is 1. The third-order valence-corrected chi connectivity index (χ3v) is 2.51. The molecule has 0 aliphatic carbocycles. The van der Waals surface area contributed by atoms with E-state index in [1.165, 1.54) is 0 Å². The second kappa shape index (κ2) is 3.17. The van der Waals surface area contributed by atoms with Gasteiger partial charge in [0.15, 0.2) is 0 Å². The highest BCUT2D eigenvalue weighted by Crippen LogP contribution is 2.25. The summed E-state index contributed by atoms with van der Waals surface area (Å²) in [5, 5.41) is 2.17. The maximum Gasteiger partial charge on any atom is 0.129 e. The fourth-order valence-electron chi connectivity index (χ4n) is 1.30. The molecule has 0 saturated carbocycles. The van der Waals surface area contributed by atoms with Crippen LogP contribution in [0.3, 0.4) is 0 Å². The van der Waals surface area contributed by atoms with Crippen LogP contribution in [-0.4, -0.2) is 4.98 Å². The number of halogens is 2. The van der Waals surface area contributed by atoms with Crippen molar-refractivity contribution in [2.75, 3.05) is 0 Å². The second-order valence-corrected chi connectivity index (χ2v) is 3.69. The average Bonchev–Trinajstić information content (AvgIpc) is 2.12. The average molecular weight is 212 g/mol. The normalized spacial score (nSPS) is 10.7. The third-order valence-electron chi connectivity index (χ3n) is 1.99. The third kappa shape index (κ3) is 1.50. The molecule has 1 aromatic heterocycles. The van der Waals surface area contributed by atoms with Gasteiger partial charge in [-0.05, 0) is 30.7 Å². The van der Waals surface area contributed by atoms with Gasteiger partial charge in [-0.3, -0.25) is 0 Å². The molecule has 0 amide bonds. The molecule has 0 bridgehead atoms. The molecular formula is C10H7Cl2N. The Morgan fingerprint density at radius 3 is 2.62 bits per heavy atom. The van der Waals surface area contributed by atoms with Crippen LogP contribution in [0, 0.1) is 6.92 Å². The topological polar surface area (TPSA) is 12.9 Å². The van der Waals surface area contributed by atoms with Crippen molar-refractivity contribution in [3.8, 4) is 0 Å². The molecule has 0 fully saturated rings. The molecule has 0 spiro atoms. The second-order valence-electron chi connectivity index (χ2n) is 2.89. The van der Waals surface area contributed by atoms with Gasteiger partial charge in [0.2, 0.25) is 0 Å². The molecule has 66 valence electrons. The summed E-state index contributed by atoms with van der Waals surface area (Å²) in [5.41, 5.74) is 1.93. The first-order valence-corrected chi connectivity index (χ1v) is 4.65. The van der Waals surface area contributed by atoms with Gasteiger partial charge in [0.25, 0.3) is 0 Å². The fraction of sp³-hybridized carbons (Fsp3) is 0.100. The Kier molecular flexibility index (Phi) is 2.14. The number of nitrogens with zero attached hydrogens (tertiary/aromatic N) is 1. The number of rotatable bonds is 0. The SMILES string of the molecule is Cc1ccc(Cl)c2nc(Cl)ccc12. The van der Waals surface area contributed by atoms with Crippen molar-refractivity contribution in [2.45, 2.75) is 6.92 Å². The maximum atomic E-state index is 5.98. The Labute approximate surface area is 86.3 Å². The predicted octanol–water partition coefficient (Wildman–Crippen LogP) is 3.85. The van der Waals surface area contributed by atoms with Crippen LogP contribution in [0.2, 0.25) is 10.2 Å². The summed E-state index contributed by atoms with van der Waals surface area (Å²) in [6.07, 6.45) is 0. The lowest BCUT2D eigenvalue weighted by molar-refractivity contribution is 1.39. The molecule has 0 radical (unpaired) electrons. The van der Waals surface area contributed by atoms with Gasteiger partial charge < -0.3 is 0 Å². The molecule has 0 N–H and O–H groups in total. The molecule has 1 aromatic carbocycles. The Balaban J connectivity index is 2.92. The molecule has 0 aliphatic rings. The van der Waals surface area contributed by atoms with E-state index in [9.17, 15) is 0 Å². The van der Waals surface area contributed by atoms with Crippen LogP contribution >= 0.6 is 23.2 Å². The lowest BCUT2D eigenvalue weighted by Gasteiger charge is -2.02. The van der Waals surface area contributed by atoms with Gasteiger partial charge in [-0.2, -0.15) is 0 Å². The van der Waals surface area contributed by atoms with Crippen molar-refractivity contribution in [1.29, 1.82) is 0 Å². The first-order valence-electron chi connectivity index (χ1n) is 3.90. The number of aryl methyl sites for hydroxylation is 1. The van der Waals surface area contributed by atoms with E-state index >= 15 is 0 Å². The summed E-state index contributed by atoms with van der Waals surface area (Å²) < 4.78 is 0. The van der Waals surface area contributed by atoms with Crippen LogP contribution in [0.4, 0.5) is 0 Å². The minimum atomic E-state index is 0.472. The number of hydrogen-bond acceptors (Lipinski definition) is 1. The summed E-state index contributed by atoms with van der Waals surface area (Å²) in [6, 6.07) is 7.52. The molecule has 13 heavy (non-hydrogen) atoms. The van der Waals surface area contributed by atoms with E-state index in [1.54, 1.807) is 6.07 Å². The van der Waals surface area contributed by atoms with Gasteiger partial charge in [-0.25, -0.2) is 4.98 Å². The van der Waals surface area contributed by atoms with E-state index in [0.29, 0.717) is 10.2 Å². The number of benzene rings is 1. The van der Waals surface area contributed by atoms with Crippen molar-refractivity contribution < 1.29 is 0 Å². The molecule has 2 rings (SSSR count).